The van der Waals surface area contributed by atoms with Crippen molar-refractivity contribution in [2.45, 2.75) is 20.0 Å². The van der Waals surface area contributed by atoms with Crippen LogP contribution in [0.5, 0.6) is 0 Å². The summed E-state index contributed by atoms with van der Waals surface area (Å²) >= 11 is 0. The van der Waals surface area contributed by atoms with Gasteiger partial charge in [-0.05, 0) is 13.8 Å². The largest absolute Gasteiger partial charge is 0.388 e. The van der Waals surface area contributed by atoms with Crippen LogP contribution in [0.25, 0.3) is 0 Å². The number of alkyl halides is 1. The number of halogens is 2. The van der Waals surface area contributed by atoms with Crippen LogP contribution in [-0.4, -0.2) is 20.4 Å². The molecule has 0 bridgehead atoms. The third-order valence-electron chi connectivity index (χ3n) is 0. The van der Waals surface area contributed by atoms with Gasteiger partial charge in [-0.25, -0.2) is 4.39 Å². The molecule has 0 aliphatic heterocycles. The van der Waals surface area contributed by atoms with Gasteiger partial charge in [-0.15, -0.1) is 0 Å². The lowest BCUT2D eigenvalue weighted by Crippen LogP contribution is -1.73. The van der Waals surface area contributed by atoms with Crippen molar-refractivity contribution in [3.8, 4) is 0 Å². The van der Waals surface area contributed by atoms with Gasteiger partial charge in [-0.3, -0.25) is 4.70 Å². The first kappa shape index (κ1) is 15.7. The molecule has 0 atom stereocenters. The average molecular weight is 128 g/mol. The summed E-state index contributed by atoms with van der Waals surface area (Å²) in [6.07, 6.45) is -0.667. The molecule has 0 unspecified atom stereocenters. The Kier molecular flexibility index (Phi) is 31.0. The highest BCUT2D eigenvalue weighted by molar-refractivity contribution is 4.22. The highest BCUT2D eigenvalue weighted by Crippen LogP contribution is 1.77. The quantitative estimate of drug-likeness (QED) is 0.483. The summed E-state index contributed by atoms with van der Waals surface area (Å²) in [4.78, 5) is 0. The molecule has 0 rings (SSSR count). The predicted octanol–water partition coefficient (Wildman–Crippen LogP) is 1.78. The predicted molar refractivity (Wildman–Crippen MR) is 31.7 cm³/mol. The third-order valence-corrected chi connectivity index (χ3v) is 0. The molecular weight excluding hydrogens is 114 g/mol. The van der Waals surface area contributed by atoms with Crippen molar-refractivity contribution in [3.63, 3.8) is 0 Å². The van der Waals surface area contributed by atoms with Crippen LogP contribution < -0.4 is 0 Å². The molecular formula is C5H14F2O. The first-order chi connectivity index (χ1) is 3.15. The number of methoxy groups -OCH3 is 1. The van der Waals surface area contributed by atoms with Crippen LogP contribution in [0, 0.1) is 0 Å². The highest BCUT2D eigenvalue weighted by Gasteiger charge is 1.73. The van der Waals surface area contributed by atoms with Crippen LogP contribution in [0.4, 0.5) is 9.09 Å². The molecule has 0 radical (unpaired) electrons. The second-order valence-corrected chi connectivity index (χ2v) is 1.42. The van der Waals surface area contributed by atoms with Gasteiger partial charge in [0.25, 0.3) is 0 Å². The van der Waals surface area contributed by atoms with Gasteiger partial charge in [0.15, 0.2) is 0 Å². The Morgan fingerprint density at radius 2 is 1.25 bits per heavy atom. The van der Waals surface area contributed by atoms with Gasteiger partial charge in [-0.1, -0.05) is 0 Å². The van der Waals surface area contributed by atoms with E-state index in [1.807, 2.05) is 0 Å². The maximum Gasteiger partial charge on any atom is 0.0945 e. The molecule has 0 aliphatic rings. The second kappa shape index (κ2) is 15.8. The summed E-state index contributed by atoms with van der Waals surface area (Å²) < 4.78 is 15.2. The van der Waals surface area contributed by atoms with E-state index in [0.717, 1.165) is 0 Å². The van der Waals surface area contributed by atoms with E-state index in [9.17, 15) is 4.39 Å². The number of hydrogen-bond donors (Lipinski definition) is 0. The minimum atomic E-state index is -0.667. The Hall–Kier alpha value is -0.180. The molecule has 0 saturated heterocycles. The van der Waals surface area contributed by atoms with Crippen LogP contribution in [0.3, 0.4) is 0 Å². The van der Waals surface area contributed by atoms with E-state index in [0.29, 0.717) is 0 Å². The molecule has 54 valence electrons. The van der Waals surface area contributed by atoms with Gasteiger partial charge in [0.1, 0.15) is 0 Å². The van der Waals surface area contributed by atoms with Gasteiger partial charge in [0.2, 0.25) is 0 Å². The van der Waals surface area contributed by atoms with E-state index >= 15 is 0 Å². The number of ether oxygens (including phenoxy) is 1. The van der Waals surface area contributed by atoms with E-state index < -0.39 is 6.17 Å². The standard InChI is InChI=1S/C3H7F.C2H6O.FH/c1-3(2)4;1-3-2;/h3H,1-2H3;1-2H3;1H. The van der Waals surface area contributed by atoms with Crippen LogP contribution in [0.15, 0.2) is 0 Å². The summed E-state index contributed by atoms with van der Waals surface area (Å²) in [5.74, 6) is 0. The zero-order valence-corrected chi connectivity index (χ0v) is 5.77. The Balaban J connectivity index is -0.0000000575. The minimum Gasteiger partial charge on any atom is -0.388 e. The van der Waals surface area contributed by atoms with Crippen molar-refractivity contribution in [2.75, 3.05) is 14.2 Å². The Labute approximate surface area is 49.2 Å². The van der Waals surface area contributed by atoms with E-state index in [1.165, 1.54) is 13.8 Å². The zero-order valence-electron chi connectivity index (χ0n) is 5.77. The molecule has 0 spiro atoms. The molecule has 0 aliphatic carbocycles. The van der Waals surface area contributed by atoms with E-state index in [-0.39, 0.29) is 4.70 Å². The fourth-order valence-electron chi connectivity index (χ4n) is 0. The lowest BCUT2D eigenvalue weighted by Gasteiger charge is -1.74. The number of hydrogen-bond acceptors (Lipinski definition) is 1. The molecule has 1 nitrogen and oxygen atoms in total. The minimum absolute atomic E-state index is 0. The van der Waals surface area contributed by atoms with Gasteiger partial charge < -0.3 is 4.74 Å². The maximum atomic E-state index is 11.0. The van der Waals surface area contributed by atoms with Crippen LogP contribution >= 0.6 is 0 Å². The molecule has 0 amide bonds. The Bertz CT molecular complexity index is 21.6. The summed E-state index contributed by atoms with van der Waals surface area (Å²) in [5, 5.41) is 0. The summed E-state index contributed by atoms with van der Waals surface area (Å²) in [7, 11) is 3.25. The summed E-state index contributed by atoms with van der Waals surface area (Å²) in [5.41, 5.74) is 0. The number of rotatable bonds is 0. The summed E-state index contributed by atoms with van der Waals surface area (Å²) in [6.45, 7) is 3.00. The third kappa shape index (κ3) is 4170. The first-order valence-electron chi connectivity index (χ1n) is 2.19. The van der Waals surface area contributed by atoms with Crippen LogP contribution in [0.1, 0.15) is 13.8 Å². The van der Waals surface area contributed by atoms with Crippen molar-refractivity contribution in [2.24, 2.45) is 0 Å². The Morgan fingerprint density at radius 3 is 1.25 bits per heavy atom. The fraction of sp³-hybridized carbons (Fsp3) is 1.00. The van der Waals surface area contributed by atoms with Crippen molar-refractivity contribution < 1.29 is 13.8 Å². The van der Waals surface area contributed by atoms with Gasteiger partial charge >= 0.3 is 0 Å². The zero-order chi connectivity index (χ0) is 6.28. The first-order valence-corrected chi connectivity index (χ1v) is 2.19. The van der Waals surface area contributed by atoms with Gasteiger partial charge in [-0.2, -0.15) is 0 Å². The molecule has 0 N–H and O–H groups in total. The maximum absolute atomic E-state index is 11.0. The topological polar surface area (TPSA) is 9.23 Å². The van der Waals surface area contributed by atoms with Crippen molar-refractivity contribution >= 4 is 0 Å². The molecule has 0 fully saturated rings. The lowest BCUT2D eigenvalue weighted by atomic mass is 10.5. The smallest absolute Gasteiger partial charge is 0.0945 e. The highest BCUT2D eigenvalue weighted by atomic mass is 19.1. The molecule has 0 saturated carbocycles. The van der Waals surface area contributed by atoms with Crippen molar-refractivity contribution in [3.05, 3.63) is 0 Å². The van der Waals surface area contributed by atoms with E-state index in [1.54, 1.807) is 14.2 Å². The normalized spacial score (nSPS) is 6.75. The van der Waals surface area contributed by atoms with E-state index in [4.69, 9.17) is 0 Å². The molecule has 0 aromatic carbocycles. The fourth-order valence-corrected chi connectivity index (χ4v) is 0. The average Bonchev–Trinajstić information content (AvgIpc) is 1.33. The monoisotopic (exact) mass is 128 g/mol. The van der Waals surface area contributed by atoms with Crippen LogP contribution in [-0.2, 0) is 4.74 Å². The molecule has 0 aromatic heterocycles. The summed E-state index contributed by atoms with van der Waals surface area (Å²) in [6, 6.07) is 0. The molecule has 0 aromatic rings. The molecule has 8 heavy (non-hydrogen) atoms. The van der Waals surface area contributed by atoms with Gasteiger partial charge in [0.05, 0.1) is 6.17 Å². The van der Waals surface area contributed by atoms with Crippen molar-refractivity contribution in [1.82, 2.24) is 0 Å². The van der Waals surface area contributed by atoms with Crippen LogP contribution in [0.2, 0.25) is 0 Å². The Morgan fingerprint density at radius 1 is 1.25 bits per heavy atom. The second-order valence-electron chi connectivity index (χ2n) is 1.42. The SMILES string of the molecule is CC(C)F.COC.F. The van der Waals surface area contributed by atoms with Gasteiger partial charge in [0, 0.05) is 14.2 Å². The molecule has 0 heterocycles. The van der Waals surface area contributed by atoms with Crippen molar-refractivity contribution in [1.29, 1.82) is 0 Å². The lowest BCUT2D eigenvalue weighted by molar-refractivity contribution is 0.277. The van der Waals surface area contributed by atoms with E-state index in [2.05, 4.69) is 4.74 Å². The molecule has 3 heteroatoms.